The number of ether oxygens (including phenoxy) is 1. The van der Waals surface area contributed by atoms with Gasteiger partial charge >= 0.3 is 6.09 Å². The molecule has 5 nitrogen and oxygen atoms in total. The predicted octanol–water partition coefficient (Wildman–Crippen LogP) is 3.03. The van der Waals surface area contributed by atoms with E-state index in [4.69, 9.17) is 4.74 Å². The Labute approximate surface area is 124 Å². The van der Waals surface area contributed by atoms with Crippen molar-refractivity contribution in [2.45, 2.75) is 45.3 Å². The molecule has 116 valence electrons. The van der Waals surface area contributed by atoms with E-state index in [9.17, 15) is 9.18 Å². The molecule has 1 aromatic rings. The van der Waals surface area contributed by atoms with Crippen LogP contribution in [0.5, 0.6) is 0 Å². The van der Waals surface area contributed by atoms with Gasteiger partial charge in [-0.05, 0) is 45.7 Å². The number of hydrogen-bond donors (Lipinski definition) is 1. The number of likely N-dealkylation sites (tertiary alicyclic amines) is 1. The molecule has 0 spiro atoms. The predicted molar refractivity (Wildman–Crippen MR) is 78.6 cm³/mol. The number of nitrogens with zero attached hydrogens (tertiary/aromatic N) is 2. The molecular weight excluding hydrogens is 273 g/mol. The van der Waals surface area contributed by atoms with E-state index in [1.807, 2.05) is 20.8 Å². The summed E-state index contributed by atoms with van der Waals surface area (Å²) < 4.78 is 18.5. The van der Waals surface area contributed by atoms with Gasteiger partial charge in [0.2, 0.25) is 5.95 Å². The lowest BCUT2D eigenvalue weighted by atomic mass is 10.1. The van der Waals surface area contributed by atoms with Crippen molar-refractivity contribution >= 4 is 11.9 Å². The monoisotopic (exact) mass is 295 g/mol. The molecule has 1 saturated heterocycles. The van der Waals surface area contributed by atoms with E-state index in [1.54, 1.807) is 17.0 Å². The van der Waals surface area contributed by atoms with Crippen LogP contribution in [-0.2, 0) is 4.74 Å². The largest absolute Gasteiger partial charge is 0.444 e. The van der Waals surface area contributed by atoms with Crippen LogP contribution in [-0.4, -0.2) is 40.7 Å². The first-order chi connectivity index (χ1) is 9.83. The minimum absolute atomic E-state index is 0.0561. The van der Waals surface area contributed by atoms with Crippen LogP contribution in [0, 0.1) is 5.95 Å². The van der Waals surface area contributed by atoms with E-state index in [1.165, 1.54) is 6.07 Å². The summed E-state index contributed by atoms with van der Waals surface area (Å²) >= 11 is 0. The SMILES string of the molecule is CC(C)(C)OC(=O)N1CCCC(Nc2cccc(F)n2)C1. The van der Waals surface area contributed by atoms with Crippen molar-refractivity contribution in [2.75, 3.05) is 18.4 Å². The number of amides is 1. The number of pyridine rings is 1. The lowest BCUT2D eigenvalue weighted by Gasteiger charge is -2.34. The first kappa shape index (κ1) is 15.5. The molecule has 1 unspecified atom stereocenters. The lowest BCUT2D eigenvalue weighted by Crippen LogP contribution is -2.47. The molecular formula is C15H22FN3O2. The minimum Gasteiger partial charge on any atom is -0.444 e. The number of aromatic nitrogens is 1. The Morgan fingerprint density at radius 3 is 2.90 bits per heavy atom. The van der Waals surface area contributed by atoms with E-state index in [0.717, 1.165) is 12.8 Å². The maximum Gasteiger partial charge on any atom is 0.410 e. The number of rotatable bonds is 2. The highest BCUT2D eigenvalue weighted by Crippen LogP contribution is 2.18. The lowest BCUT2D eigenvalue weighted by molar-refractivity contribution is 0.0206. The normalized spacial score (nSPS) is 19.2. The fraction of sp³-hybridized carbons (Fsp3) is 0.600. The number of nitrogens with one attached hydrogen (secondary N) is 1. The number of carbonyl (C=O) groups excluding carboxylic acids is 1. The quantitative estimate of drug-likeness (QED) is 0.852. The van der Waals surface area contributed by atoms with Gasteiger partial charge in [0, 0.05) is 19.1 Å². The zero-order valence-corrected chi connectivity index (χ0v) is 12.7. The van der Waals surface area contributed by atoms with Crippen molar-refractivity contribution in [2.24, 2.45) is 0 Å². The van der Waals surface area contributed by atoms with Gasteiger partial charge in [0.1, 0.15) is 11.4 Å². The zero-order chi connectivity index (χ0) is 15.5. The summed E-state index contributed by atoms with van der Waals surface area (Å²) in [5.74, 6) is -0.0224. The second kappa shape index (κ2) is 6.28. The van der Waals surface area contributed by atoms with Gasteiger partial charge in [0.15, 0.2) is 0 Å². The van der Waals surface area contributed by atoms with Gasteiger partial charge < -0.3 is 15.0 Å². The number of hydrogen-bond acceptors (Lipinski definition) is 4. The van der Waals surface area contributed by atoms with E-state index >= 15 is 0 Å². The molecule has 21 heavy (non-hydrogen) atoms. The maximum atomic E-state index is 13.1. The van der Waals surface area contributed by atoms with Crippen LogP contribution >= 0.6 is 0 Å². The van der Waals surface area contributed by atoms with E-state index in [-0.39, 0.29) is 12.1 Å². The molecule has 1 aliphatic heterocycles. The van der Waals surface area contributed by atoms with Gasteiger partial charge in [-0.15, -0.1) is 0 Å². The van der Waals surface area contributed by atoms with Crippen LogP contribution in [0.1, 0.15) is 33.6 Å². The summed E-state index contributed by atoms with van der Waals surface area (Å²) in [6.45, 7) is 6.76. The Hall–Kier alpha value is -1.85. The van der Waals surface area contributed by atoms with Crippen LogP contribution in [0.25, 0.3) is 0 Å². The second-order valence-electron chi connectivity index (χ2n) is 6.26. The van der Waals surface area contributed by atoms with Crippen molar-refractivity contribution < 1.29 is 13.9 Å². The van der Waals surface area contributed by atoms with E-state index in [2.05, 4.69) is 10.3 Å². The highest BCUT2D eigenvalue weighted by molar-refractivity contribution is 5.68. The molecule has 2 rings (SSSR count). The molecule has 0 radical (unpaired) electrons. The Bertz CT molecular complexity index is 502. The van der Waals surface area contributed by atoms with Crippen LogP contribution in [0.4, 0.5) is 15.0 Å². The number of carbonyl (C=O) groups is 1. The van der Waals surface area contributed by atoms with Gasteiger partial charge in [-0.2, -0.15) is 4.39 Å². The molecule has 1 amide bonds. The van der Waals surface area contributed by atoms with Crippen LogP contribution in [0.2, 0.25) is 0 Å². The molecule has 0 bridgehead atoms. The smallest absolute Gasteiger partial charge is 0.410 e. The van der Waals surface area contributed by atoms with Crippen molar-refractivity contribution in [1.82, 2.24) is 9.88 Å². The zero-order valence-electron chi connectivity index (χ0n) is 12.7. The van der Waals surface area contributed by atoms with Crippen molar-refractivity contribution in [3.8, 4) is 0 Å². The van der Waals surface area contributed by atoms with E-state index < -0.39 is 11.5 Å². The topological polar surface area (TPSA) is 54.5 Å². The summed E-state index contributed by atoms with van der Waals surface area (Å²) in [5, 5.41) is 3.17. The van der Waals surface area contributed by atoms with Crippen LogP contribution < -0.4 is 5.32 Å². The Morgan fingerprint density at radius 2 is 2.24 bits per heavy atom. The Kier molecular flexibility index (Phi) is 4.65. The second-order valence-corrected chi connectivity index (χ2v) is 6.26. The van der Waals surface area contributed by atoms with Crippen molar-refractivity contribution in [3.63, 3.8) is 0 Å². The third-order valence-corrected chi connectivity index (χ3v) is 3.14. The summed E-state index contributed by atoms with van der Waals surface area (Å²) in [7, 11) is 0. The Morgan fingerprint density at radius 1 is 1.48 bits per heavy atom. The number of anilines is 1. The van der Waals surface area contributed by atoms with E-state index in [0.29, 0.717) is 18.9 Å². The summed E-state index contributed by atoms with van der Waals surface area (Å²) in [6.07, 6.45) is 1.49. The van der Waals surface area contributed by atoms with Gasteiger partial charge in [-0.3, -0.25) is 0 Å². The summed E-state index contributed by atoms with van der Waals surface area (Å²) in [5.41, 5.74) is -0.498. The summed E-state index contributed by atoms with van der Waals surface area (Å²) in [4.78, 5) is 17.5. The highest BCUT2D eigenvalue weighted by Gasteiger charge is 2.27. The van der Waals surface area contributed by atoms with Crippen LogP contribution in [0.15, 0.2) is 18.2 Å². The fourth-order valence-electron chi connectivity index (χ4n) is 2.29. The highest BCUT2D eigenvalue weighted by atomic mass is 19.1. The standard InChI is InChI=1S/C15H22FN3O2/c1-15(2,3)21-14(20)19-9-5-6-11(10-19)17-13-8-4-7-12(16)18-13/h4,7-8,11H,5-6,9-10H2,1-3H3,(H,17,18). The van der Waals surface area contributed by atoms with Gasteiger partial charge in [0.05, 0.1) is 0 Å². The molecule has 0 aromatic carbocycles. The number of halogens is 1. The van der Waals surface area contributed by atoms with Gasteiger partial charge in [-0.1, -0.05) is 6.07 Å². The minimum atomic E-state index is -0.514. The maximum absolute atomic E-state index is 13.1. The fourth-order valence-corrected chi connectivity index (χ4v) is 2.29. The van der Waals surface area contributed by atoms with Crippen molar-refractivity contribution in [3.05, 3.63) is 24.1 Å². The number of piperidine rings is 1. The van der Waals surface area contributed by atoms with Crippen molar-refractivity contribution in [1.29, 1.82) is 0 Å². The third-order valence-electron chi connectivity index (χ3n) is 3.14. The van der Waals surface area contributed by atoms with Gasteiger partial charge in [0.25, 0.3) is 0 Å². The summed E-state index contributed by atoms with van der Waals surface area (Å²) in [6, 6.07) is 4.69. The first-order valence-corrected chi connectivity index (χ1v) is 7.20. The molecule has 6 heteroatoms. The molecule has 0 aliphatic carbocycles. The molecule has 1 aromatic heterocycles. The molecule has 1 fully saturated rings. The average Bonchev–Trinajstić information content (AvgIpc) is 2.37. The molecule has 1 atom stereocenters. The third kappa shape index (κ3) is 4.88. The average molecular weight is 295 g/mol. The molecule has 0 saturated carbocycles. The molecule has 1 aliphatic rings. The molecule has 2 heterocycles. The van der Waals surface area contributed by atoms with Crippen LogP contribution in [0.3, 0.4) is 0 Å². The molecule has 1 N–H and O–H groups in total. The first-order valence-electron chi connectivity index (χ1n) is 7.20. The van der Waals surface area contributed by atoms with Gasteiger partial charge in [-0.25, -0.2) is 9.78 Å². The Balaban J connectivity index is 1.93.